The number of carbonyl (C=O) groups excluding carboxylic acids is 4. The van der Waals surface area contributed by atoms with Crippen molar-refractivity contribution in [3.63, 3.8) is 0 Å². The van der Waals surface area contributed by atoms with Crippen molar-refractivity contribution in [2.75, 3.05) is 19.8 Å². The van der Waals surface area contributed by atoms with E-state index in [-0.39, 0.29) is 25.2 Å². The van der Waals surface area contributed by atoms with Crippen LogP contribution in [0.1, 0.15) is 37.0 Å². The van der Waals surface area contributed by atoms with Crippen LogP contribution in [0.15, 0.2) is 24.3 Å². The van der Waals surface area contributed by atoms with Crippen LogP contribution in [-0.4, -0.2) is 43.6 Å². The van der Waals surface area contributed by atoms with Crippen LogP contribution >= 0.6 is 0 Å². The summed E-state index contributed by atoms with van der Waals surface area (Å²) < 4.78 is 14.5. The van der Waals surface area contributed by atoms with Crippen molar-refractivity contribution in [2.45, 2.75) is 26.7 Å². The number of hydrogen-bond acceptors (Lipinski definition) is 7. The van der Waals surface area contributed by atoms with Crippen molar-refractivity contribution in [2.24, 2.45) is 0 Å². The quantitative estimate of drug-likeness (QED) is 0.534. The van der Waals surface area contributed by atoms with Crippen LogP contribution in [0, 0.1) is 0 Å². The Morgan fingerprint density at radius 1 is 0.920 bits per heavy atom. The number of amides is 2. The molecule has 2 amide bonds. The van der Waals surface area contributed by atoms with E-state index in [0.29, 0.717) is 17.9 Å². The van der Waals surface area contributed by atoms with Crippen molar-refractivity contribution in [3.05, 3.63) is 29.8 Å². The number of alkyl carbamates (subject to hydrolysis) is 1. The number of esters is 1. The Kier molecular flexibility index (Phi) is 8.70. The molecule has 0 atom stereocenters. The summed E-state index contributed by atoms with van der Waals surface area (Å²) in [4.78, 5) is 45.8. The second kappa shape index (κ2) is 10.8. The van der Waals surface area contributed by atoms with Crippen LogP contribution in [0.25, 0.3) is 0 Å². The SMILES string of the molecule is CCOC(=O)NC(=O)COC(=O)CCC(=O)c1ccc(OCC)cc1. The van der Waals surface area contributed by atoms with E-state index in [1.165, 1.54) is 0 Å². The third-order valence-corrected chi connectivity index (χ3v) is 2.92. The fourth-order valence-corrected chi connectivity index (χ4v) is 1.80. The lowest BCUT2D eigenvalue weighted by atomic mass is 10.1. The van der Waals surface area contributed by atoms with Gasteiger partial charge in [0.05, 0.1) is 19.6 Å². The molecule has 8 nitrogen and oxygen atoms in total. The Morgan fingerprint density at radius 2 is 1.60 bits per heavy atom. The van der Waals surface area contributed by atoms with Crippen LogP contribution in [0.5, 0.6) is 5.75 Å². The summed E-state index contributed by atoms with van der Waals surface area (Å²) in [5.74, 6) is -1.08. The molecular formula is C17H21NO7. The van der Waals surface area contributed by atoms with Crippen molar-refractivity contribution < 1.29 is 33.4 Å². The van der Waals surface area contributed by atoms with Gasteiger partial charge in [-0.3, -0.25) is 19.7 Å². The topological polar surface area (TPSA) is 108 Å². The molecule has 0 heterocycles. The standard InChI is InChI=1S/C17H21NO7/c1-3-23-13-7-5-12(6-8-13)14(19)9-10-16(21)25-11-15(20)18-17(22)24-4-2/h5-8H,3-4,9-11H2,1-2H3,(H,18,20,22). The lowest BCUT2D eigenvalue weighted by Gasteiger charge is -2.06. The number of nitrogens with one attached hydrogen (secondary N) is 1. The number of hydrogen-bond donors (Lipinski definition) is 1. The zero-order valence-electron chi connectivity index (χ0n) is 14.2. The summed E-state index contributed by atoms with van der Waals surface area (Å²) in [6.45, 7) is 3.48. The van der Waals surface area contributed by atoms with Crippen molar-refractivity contribution in [3.8, 4) is 5.75 Å². The van der Waals surface area contributed by atoms with Gasteiger partial charge >= 0.3 is 12.1 Å². The smallest absolute Gasteiger partial charge is 0.413 e. The average molecular weight is 351 g/mol. The summed E-state index contributed by atoms with van der Waals surface area (Å²) in [5, 5.41) is 1.89. The third kappa shape index (κ3) is 7.96. The fraction of sp³-hybridized carbons (Fsp3) is 0.412. The van der Waals surface area contributed by atoms with E-state index in [2.05, 4.69) is 9.47 Å². The van der Waals surface area contributed by atoms with Gasteiger partial charge in [0.15, 0.2) is 12.4 Å². The van der Waals surface area contributed by atoms with E-state index in [1.807, 2.05) is 12.2 Å². The molecule has 0 aromatic heterocycles. The molecule has 0 unspecified atom stereocenters. The monoisotopic (exact) mass is 351 g/mol. The van der Waals surface area contributed by atoms with E-state index in [4.69, 9.17) is 4.74 Å². The molecule has 0 saturated heterocycles. The molecule has 1 aromatic rings. The molecule has 1 N–H and O–H groups in total. The van der Waals surface area contributed by atoms with Gasteiger partial charge < -0.3 is 14.2 Å². The molecule has 0 aliphatic carbocycles. The second-order valence-corrected chi connectivity index (χ2v) is 4.81. The molecule has 25 heavy (non-hydrogen) atoms. The highest BCUT2D eigenvalue weighted by Gasteiger charge is 2.13. The van der Waals surface area contributed by atoms with Crippen LogP contribution in [0.3, 0.4) is 0 Å². The first-order valence-corrected chi connectivity index (χ1v) is 7.84. The summed E-state index contributed by atoms with van der Waals surface area (Å²) in [7, 11) is 0. The maximum Gasteiger partial charge on any atom is 0.413 e. The molecule has 1 rings (SSSR count). The van der Waals surface area contributed by atoms with Crippen LogP contribution < -0.4 is 10.1 Å². The molecule has 0 aliphatic rings. The van der Waals surface area contributed by atoms with Gasteiger partial charge in [0.2, 0.25) is 0 Å². The average Bonchev–Trinajstić information content (AvgIpc) is 2.59. The Hall–Kier alpha value is -2.90. The Bertz CT molecular complexity index is 610. The van der Waals surface area contributed by atoms with Gasteiger partial charge in [-0.1, -0.05) is 0 Å². The van der Waals surface area contributed by atoms with E-state index >= 15 is 0 Å². The minimum Gasteiger partial charge on any atom is -0.494 e. The first kappa shape index (κ1) is 20.1. The van der Waals surface area contributed by atoms with E-state index in [0.717, 1.165) is 0 Å². The first-order valence-electron chi connectivity index (χ1n) is 7.84. The number of ether oxygens (including phenoxy) is 3. The molecule has 0 saturated carbocycles. The second-order valence-electron chi connectivity index (χ2n) is 4.81. The Balaban J connectivity index is 2.32. The Morgan fingerprint density at radius 3 is 2.20 bits per heavy atom. The van der Waals surface area contributed by atoms with Gasteiger partial charge in [-0.25, -0.2) is 4.79 Å². The number of Topliss-reactive ketones (excluding diaryl/α,β-unsaturated/α-hetero) is 1. The van der Waals surface area contributed by atoms with Crippen molar-refractivity contribution in [1.29, 1.82) is 0 Å². The van der Waals surface area contributed by atoms with Gasteiger partial charge in [-0.05, 0) is 38.1 Å². The first-order chi connectivity index (χ1) is 12.0. The molecule has 0 radical (unpaired) electrons. The number of benzene rings is 1. The molecule has 1 aromatic carbocycles. The molecular weight excluding hydrogens is 330 g/mol. The molecule has 0 aliphatic heterocycles. The van der Waals surface area contributed by atoms with Gasteiger partial charge in [0.1, 0.15) is 5.75 Å². The van der Waals surface area contributed by atoms with E-state index < -0.39 is 24.6 Å². The van der Waals surface area contributed by atoms with Crippen LogP contribution in [0.4, 0.5) is 4.79 Å². The largest absolute Gasteiger partial charge is 0.494 e. The van der Waals surface area contributed by atoms with Gasteiger partial charge in [0, 0.05) is 12.0 Å². The lowest BCUT2D eigenvalue weighted by molar-refractivity contribution is -0.148. The Labute approximate surface area is 145 Å². The lowest BCUT2D eigenvalue weighted by Crippen LogP contribution is -2.34. The highest BCUT2D eigenvalue weighted by Crippen LogP contribution is 2.14. The number of carbonyl (C=O) groups is 4. The maximum atomic E-state index is 12.0. The predicted molar refractivity (Wildman–Crippen MR) is 87.3 cm³/mol. The van der Waals surface area contributed by atoms with Crippen molar-refractivity contribution >= 4 is 23.8 Å². The molecule has 0 bridgehead atoms. The van der Waals surface area contributed by atoms with E-state index in [1.54, 1.807) is 31.2 Å². The fourth-order valence-electron chi connectivity index (χ4n) is 1.80. The zero-order valence-corrected chi connectivity index (χ0v) is 14.2. The van der Waals surface area contributed by atoms with Crippen LogP contribution in [0.2, 0.25) is 0 Å². The minimum atomic E-state index is -0.908. The van der Waals surface area contributed by atoms with Gasteiger partial charge in [-0.15, -0.1) is 0 Å². The number of imide groups is 1. The van der Waals surface area contributed by atoms with Crippen molar-refractivity contribution in [1.82, 2.24) is 5.32 Å². The van der Waals surface area contributed by atoms with Crippen LogP contribution in [-0.2, 0) is 19.1 Å². The number of ketones is 1. The maximum absolute atomic E-state index is 12.0. The summed E-state index contributed by atoms with van der Waals surface area (Å²) in [6.07, 6.45) is -1.13. The third-order valence-electron chi connectivity index (χ3n) is 2.92. The van der Waals surface area contributed by atoms with Gasteiger partial charge in [-0.2, -0.15) is 0 Å². The summed E-state index contributed by atoms with van der Waals surface area (Å²) >= 11 is 0. The summed E-state index contributed by atoms with van der Waals surface area (Å²) in [5.41, 5.74) is 0.455. The summed E-state index contributed by atoms with van der Waals surface area (Å²) in [6, 6.07) is 6.58. The normalized spacial score (nSPS) is 9.84. The number of rotatable bonds is 9. The highest BCUT2D eigenvalue weighted by atomic mass is 16.6. The van der Waals surface area contributed by atoms with E-state index in [9.17, 15) is 19.2 Å². The van der Waals surface area contributed by atoms with Gasteiger partial charge in [0.25, 0.3) is 5.91 Å². The zero-order chi connectivity index (χ0) is 18.7. The molecule has 0 fully saturated rings. The minimum absolute atomic E-state index is 0.0493. The molecule has 136 valence electrons. The highest BCUT2D eigenvalue weighted by molar-refractivity contribution is 5.98. The molecule has 8 heteroatoms. The molecule has 0 spiro atoms. The predicted octanol–water partition coefficient (Wildman–Crippen LogP) is 1.86.